The summed E-state index contributed by atoms with van der Waals surface area (Å²) in [5.74, 6) is 1.78. The van der Waals surface area contributed by atoms with E-state index in [-0.39, 0.29) is 5.84 Å². The van der Waals surface area contributed by atoms with Crippen LogP contribution in [0.2, 0.25) is 0 Å². The van der Waals surface area contributed by atoms with E-state index in [1.165, 1.54) is 6.20 Å². The van der Waals surface area contributed by atoms with Crippen molar-refractivity contribution in [2.45, 2.75) is 0 Å². The number of rotatable bonds is 2. The monoisotopic (exact) mass is 255 g/mol. The van der Waals surface area contributed by atoms with Gasteiger partial charge in [-0.15, -0.1) is 5.10 Å². The van der Waals surface area contributed by atoms with Crippen molar-refractivity contribution < 1.29 is 9.42 Å². The molecule has 3 N–H and O–H groups in total. The first-order valence-electron chi connectivity index (χ1n) is 5.12. The quantitative estimate of drug-likeness (QED) is 0.308. The van der Waals surface area contributed by atoms with E-state index >= 15 is 0 Å². The maximum Gasteiger partial charge on any atom is 0.173 e. The highest BCUT2D eigenvalue weighted by atomic mass is 32.2. The fraction of sp³-hybridized carbons (Fsp3) is 0.444. The first kappa shape index (κ1) is 11.8. The van der Waals surface area contributed by atoms with Crippen molar-refractivity contribution in [3.8, 4) is 0 Å². The number of nitrogens with zero attached hydrogens (tertiary/aromatic N) is 4. The van der Waals surface area contributed by atoms with Gasteiger partial charge in [-0.2, -0.15) is 5.10 Å². The lowest BCUT2D eigenvalue weighted by atomic mass is 10.2. The Labute approximate surface area is 101 Å². The SMILES string of the molecule is N/C(=N/O)c1ccnnc1N1CCS(=O)CC1. The van der Waals surface area contributed by atoms with Gasteiger partial charge < -0.3 is 15.8 Å². The summed E-state index contributed by atoms with van der Waals surface area (Å²) in [6.07, 6.45) is 1.49. The smallest absolute Gasteiger partial charge is 0.173 e. The van der Waals surface area contributed by atoms with E-state index in [0.29, 0.717) is 36.0 Å². The maximum atomic E-state index is 11.3. The number of nitrogens with two attached hydrogens (primary N) is 1. The van der Waals surface area contributed by atoms with E-state index < -0.39 is 10.8 Å². The van der Waals surface area contributed by atoms with Crippen molar-refractivity contribution >= 4 is 22.5 Å². The summed E-state index contributed by atoms with van der Waals surface area (Å²) in [5, 5.41) is 19.5. The normalized spacial score (nSPS) is 18.4. The van der Waals surface area contributed by atoms with Crippen LogP contribution in [-0.4, -0.2) is 50.0 Å². The fourth-order valence-corrected chi connectivity index (χ4v) is 2.71. The van der Waals surface area contributed by atoms with E-state index in [1.54, 1.807) is 6.07 Å². The Kier molecular flexibility index (Phi) is 3.52. The van der Waals surface area contributed by atoms with Gasteiger partial charge in [-0.25, -0.2) is 0 Å². The van der Waals surface area contributed by atoms with Gasteiger partial charge in [0.05, 0.1) is 11.8 Å². The zero-order chi connectivity index (χ0) is 12.3. The third kappa shape index (κ3) is 2.52. The number of anilines is 1. The van der Waals surface area contributed by atoms with E-state index in [1.807, 2.05) is 4.90 Å². The van der Waals surface area contributed by atoms with Crippen LogP contribution in [0.4, 0.5) is 5.82 Å². The van der Waals surface area contributed by atoms with Gasteiger partial charge in [0, 0.05) is 35.4 Å². The molecule has 0 bridgehead atoms. The first-order chi connectivity index (χ1) is 8.22. The van der Waals surface area contributed by atoms with Crippen LogP contribution in [0.1, 0.15) is 5.56 Å². The summed E-state index contributed by atoms with van der Waals surface area (Å²) in [6, 6.07) is 1.64. The lowest BCUT2D eigenvalue weighted by Crippen LogP contribution is -2.39. The molecule has 1 aliphatic rings. The molecule has 1 aromatic rings. The van der Waals surface area contributed by atoms with Crippen LogP contribution in [0.15, 0.2) is 17.4 Å². The summed E-state index contributed by atoms with van der Waals surface area (Å²) in [4.78, 5) is 1.95. The number of oxime groups is 1. The third-order valence-electron chi connectivity index (χ3n) is 2.56. The van der Waals surface area contributed by atoms with Crippen LogP contribution >= 0.6 is 0 Å². The Hall–Kier alpha value is -1.70. The van der Waals surface area contributed by atoms with Gasteiger partial charge >= 0.3 is 0 Å². The number of aromatic nitrogens is 2. The molecule has 1 aliphatic heterocycles. The molecule has 1 fully saturated rings. The van der Waals surface area contributed by atoms with Crippen molar-refractivity contribution in [3.05, 3.63) is 17.8 Å². The average Bonchev–Trinajstić information content (AvgIpc) is 2.39. The second kappa shape index (κ2) is 5.09. The maximum absolute atomic E-state index is 11.3. The van der Waals surface area contributed by atoms with Crippen LogP contribution in [0.25, 0.3) is 0 Å². The molecule has 1 aromatic heterocycles. The molecule has 2 rings (SSSR count). The summed E-state index contributed by atoms with van der Waals surface area (Å²) in [5.41, 5.74) is 6.11. The van der Waals surface area contributed by atoms with Crippen molar-refractivity contribution in [2.75, 3.05) is 29.5 Å². The minimum atomic E-state index is -0.754. The lowest BCUT2D eigenvalue weighted by Gasteiger charge is -2.28. The van der Waals surface area contributed by atoms with Crippen LogP contribution in [0.5, 0.6) is 0 Å². The van der Waals surface area contributed by atoms with Gasteiger partial charge in [-0.1, -0.05) is 5.16 Å². The standard InChI is InChI=1S/C9H13N5O2S/c10-8(13-15)7-1-2-11-12-9(7)14-3-5-17(16)6-4-14/h1-2,15H,3-6H2,(H2,10,13). The Morgan fingerprint density at radius 3 is 2.88 bits per heavy atom. The molecule has 0 saturated carbocycles. The van der Waals surface area contributed by atoms with Crippen LogP contribution in [-0.2, 0) is 10.8 Å². The topological polar surface area (TPSA) is 105 Å². The Morgan fingerprint density at radius 2 is 2.24 bits per heavy atom. The van der Waals surface area contributed by atoms with Crippen LogP contribution in [0, 0.1) is 0 Å². The highest BCUT2D eigenvalue weighted by Gasteiger charge is 2.20. The minimum Gasteiger partial charge on any atom is -0.409 e. The molecule has 0 aliphatic carbocycles. The van der Waals surface area contributed by atoms with Gasteiger partial charge in [-0.3, -0.25) is 4.21 Å². The zero-order valence-electron chi connectivity index (χ0n) is 9.11. The summed E-state index contributed by atoms with van der Waals surface area (Å²) < 4.78 is 11.3. The number of hydrogen-bond acceptors (Lipinski definition) is 6. The van der Waals surface area contributed by atoms with Crippen molar-refractivity contribution in [1.82, 2.24) is 10.2 Å². The second-order valence-corrected chi connectivity index (χ2v) is 5.29. The number of hydrogen-bond donors (Lipinski definition) is 2. The molecule has 0 unspecified atom stereocenters. The van der Waals surface area contributed by atoms with E-state index in [0.717, 1.165) is 0 Å². The Bertz CT molecular complexity index is 454. The largest absolute Gasteiger partial charge is 0.409 e. The number of amidine groups is 1. The molecule has 1 saturated heterocycles. The Balaban J connectivity index is 2.29. The molecule has 0 amide bonds. The van der Waals surface area contributed by atoms with Crippen molar-refractivity contribution in [1.29, 1.82) is 0 Å². The molecule has 7 nitrogen and oxygen atoms in total. The van der Waals surface area contributed by atoms with Gasteiger partial charge in [0.2, 0.25) is 0 Å². The van der Waals surface area contributed by atoms with E-state index in [4.69, 9.17) is 10.9 Å². The van der Waals surface area contributed by atoms with E-state index in [2.05, 4.69) is 15.4 Å². The summed E-state index contributed by atoms with van der Waals surface area (Å²) in [7, 11) is -0.754. The fourth-order valence-electron chi connectivity index (χ4n) is 1.66. The van der Waals surface area contributed by atoms with Crippen LogP contribution in [0.3, 0.4) is 0 Å². The molecule has 0 spiro atoms. The zero-order valence-corrected chi connectivity index (χ0v) is 9.93. The molecule has 0 radical (unpaired) electrons. The predicted octanol–water partition coefficient (Wildman–Crippen LogP) is -0.860. The summed E-state index contributed by atoms with van der Waals surface area (Å²) in [6.45, 7) is 1.27. The van der Waals surface area contributed by atoms with Crippen molar-refractivity contribution in [3.63, 3.8) is 0 Å². The molecular formula is C9H13N5O2S. The molecule has 17 heavy (non-hydrogen) atoms. The average molecular weight is 255 g/mol. The third-order valence-corrected chi connectivity index (χ3v) is 3.84. The highest BCUT2D eigenvalue weighted by molar-refractivity contribution is 7.85. The summed E-state index contributed by atoms with van der Waals surface area (Å²) >= 11 is 0. The second-order valence-electron chi connectivity index (χ2n) is 3.59. The van der Waals surface area contributed by atoms with Crippen LogP contribution < -0.4 is 10.6 Å². The lowest BCUT2D eigenvalue weighted by molar-refractivity contribution is 0.318. The molecule has 8 heteroatoms. The van der Waals surface area contributed by atoms with Crippen molar-refractivity contribution in [2.24, 2.45) is 10.9 Å². The molecule has 92 valence electrons. The van der Waals surface area contributed by atoms with Gasteiger partial charge in [0.15, 0.2) is 11.7 Å². The van der Waals surface area contributed by atoms with Gasteiger partial charge in [0.1, 0.15) is 0 Å². The molecule has 2 heterocycles. The Morgan fingerprint density at radius 1 is 1.53 bits per heavy atom. The predicted molar refractivity (Wildman–Crippen MR) is 64.6 cm³/mol. The first-order valence-corrected chi connectivity index (χ1v) is 6.60. The molecule has 0 atom stereocenters. The van der Waals surface area contributed by atoms with Gasteiger partial charge in [-0.05, 0) is 6.07 Å². The molecule has 0 aromatic carbocycles. The minimum absolute atomic E-state index is 0.00148. The van der Waals surface area contributed by atoms with Gasteiger partial charge in [0.25, 0.3) is 0 Å². The molecular weight excluding hydrogens is 242 g/mol. The van der Waals surface area contributed by atoms with E-state index in [9.17, 15) is 4.21 Å². The highest BCUT2D eigenvalue weighted by Crippen LogP contribution is 2.17.